The number of nitrogens with zero attached hydrogens (tertiary/aromatic N) is 2. The summed E-state index contributed by atoms with van der Waals surface area (Å²) in [6.07, 6.45) is 2.35. The Morgan fingerprint density at radius 2 is 1.35 bits per heavy atom. The van der Waals surface area contributed by atoms with E-state index in [1.165, 1.54) is 40.6 Å². The number of carbonyl (C=O) groups excluding carboxylic acids is 6. The molecule has 0 aromatic heterocycles. The Bertz CT molecular complexity index is 1820. The van der Waals surface area contributed by atoms with Crippen molar-refractivity contribution in [1.82, 2.24) is 31.1 Å². The Labute approximate surface area is 354 Å². The van der Waals surface area contributed by atoms with Crippen LogP contribution >= 0.6 is 11.8 Å². The van der Waals surface area contributed by atoms with Crippen molar-refractivity contribution in [1.29, 1.82) is 0 Å². The van der Waals surface area contributed by atoms with Gasteiger partial charge in [0.15, 0.2) is 0 Å². The first-order valence-electron chi connectivity index (χ1n) is 20.3. The van der Waals surface area contributed by atoms with E-state index < -0.39 is 95.7 Å². The van der Waals surface area contributed by atoms with E-state index in [0.717, 1.165) is 5.56 Å². The van der Waals surface area contributed by atoms with Crippen LogP contribution in [-0.4, -0.2) is 140 Å². The lowest BCUT2D eigenvalue weighted by Crippen LogP contribution is -2.61. The van der Waals surface area contributed by atoms with Gasteiger partial charge in [0.05, 0.1) is 12.1 Å². The first-order chi connectivity index (χ1) is 28.5. The number of aliphatic carboxylic acids is 1. The molecule has 17 nitrogen and oxygen atoms in total. The normalized spacial score (nSPS) is 19.4. The molecule has 8 atom stereocenters. The van der Waals surface area contributed by atoms with Crippen LogP contribution in [0, 0.1) is 5.92 Å². The van der Waals surface area contributed by atoms with Crippen molar-refractivity contribution in [3.8, 4) is 5.75 Å². The Morgan fingerprint density at radius 3 is 1.95 bits per heavy atom. The molecule has 2 aromatic carbocycles. The Morgan fingerprint density at radius 1 is 0.750 bits per heavy atom. The van der Waals surface area contributed by atoms with Gasteiger partial charge in [0.1, 0.15) is 42.0 Å². The SMILES string of the molecule is CSCC[C@H](NC(=O)[C@H](Cc1ccc(O)cc1)NC(=O)[C@@H](NC(=O)[C@@H](N)Cc1ccccc1)[C@@H](C)O)C(=O)N1CCC[C@H]1C(=O)N1CCC[C@H]1C(=O)N[C@H](C(=O)O)C(C)C. The summed E-state index contributed by atoms with van der Waals surface area (Å²) >= 11 is 1.44. The van der Waals surface area contributed by atoms with E-state index in [2.05, 4.69) is 21.3 Å². The lowest BCUT2D eigenvalue weighted by molar-refractivity contribution is -0.149. The maximum absolute atomic E-state index is 14.4. The van der Waals surface area contributed by atoms with E-state index >= 15 is 0 Å². The Balaban J connectivity index is 1.52. The molecular formula is C42H59N7O10S. The Kier molecular flexibility index (Phi) is 17.7. The van der Waals surface area contributed by atoms with Gasteiger partial charge in [-0.1, -0.05) is 56.3 Å². The number of thioether (sulfide) groups is 1. The number of likely N-dealkylation sites (tertiary alicyclic amines) is 2. The van der Waals surface area contributed by atoms with E-state index in [9.17, 15) is 48.9 Å². The van der Waals surface area contributed by atoms with Crippen molar-refractivity contribution in [2.75, 3.05) is 25.1 Å². The quantitative estimate of drug-likeness (QED) is 0.0895. The molecule has 0 saturated carbocycles. The van der Waals surface area contributed by atoms with Gasteiger partial charge in [-0.05, 0) is 86.6 Å². The number of carbonyl (C=O) groups is 7. The summed E-state index contributed by atoms with van der Waals surface area (Å²) in [4.78, 5) is 97.5. The van der Waals surface area contributed by atoms with E-state index in [4.69, 9.17) is 5.73 Å². The third-order valence-electron chi connectivity index (χ3n) is 10.8. The highest BCUT2D eigenvalue weighted by Crippen LogP contribution is 2.26. The second-order valence-electron chi connectivity index (χ2n) is 15.7. The highest BCUT2D eigenvalue weighted by atomic mass is 32.2. The van der Waals surface area contributed by atoms with E-state index in [0.29, 0.717) is 37.0 Å². The molecule has 2 fully saturated rings. The standard InChI is InChI=1S/C42H59N7O10S/c1-24(2)34(42(58)59)46-38(54)32-12-8-19-48(32)41(57)33-13-9-20-49(33)40(56)30(18-21-60-4)44-37(53)31(23-27-14-16-28(51)17-15-27)45-39(55)35(25(3)50)47-36(52)29(43)22-26-10-6-5-7-11-26/h5-7,10-11,14-17,24-25,29-35,50-51H,8-9,12-13,18-23,43H2,1-4H3,(H,44,53)(H,45,55)(H,46,54)(H,47,52)(H,58,59)/t25-,29+,30+,31+,32+,33+,34+,35+/m1/s1. The average molecular weight is 854 g/mol. The number of rotatable bonds is 20. The first-order valence-corrected chi connectivity index (χ1v) is 21.7. The van der Waals surface area contributed by atoms with Gasteiger partial charge < -0.3 is 52.1 Å². The minimum absolute atomic E-state index is 0.0224. The van der Waals surface area contributed by atoms with Crippen molar-refractivity contribution < 1.29 is 48.9 Å². The summed E-state index contributed by atoms with van der Waals surface area (Å²) in [7, 11) is 0. The number of nitrogens with two attached hydrogens (primary N) is 1. The number of aromatic hydroxyl groups is 1. The van der Waals surface area contributed by atoms with Gasteiger partial charge >= 0.3 is 5.97 Å². The number of aliphatic hydroxyl groups is 1. The predicted molar refractivity (Wildman–Crippen MR) is 224 cm³/mol. The van der Waals surface area contributed by atoms with Gasteiger partial charge in [0.25, 0.3) is 0 Å². The second-order valence-corrected chi connectivity index (χ2v) is 16.7. The fourth-order valence-electron chi connectivity index (χ4n) is 7.48. The second kappa shape index (κ2) is 22.4. The van der Waals surface area contributed by atoms with Crippen LogP contribution < -0.4 is 27.0 Å². The minimum Gasteiger partial charge on any atom is -0.508 e. The largest absolute Gasteiger partial charge is 0.508 e. The first kappa shape index (κ1) is 47.5. The summed E-state index contributed by atoms with van der Waals surface area (Å²) < 4.78 is 0. The molecule has 328 valence electrons. The fraction of sp³-hybridized carbons (Fsp3) is 0.548. The smallest absolute Gasteiger partial charge is 0.326 e. The highest BCUT2D eigenvalue weighted by Gasteiger charge is 2.44. The number of carboxylic acids is 1. The van der Waals surface area contributed by atoms with Crippen LogP contribution in [0.15, 0.2) is 54.6 Å². The molecule has 0 radical (unpaired) electrons. The number of aliphatic hydroxyl groups excluding tert-OH is 1. The third kappa shape index (κ3) is 12.9. The molecule has 2 aliphatic rings. The number of hydrogen-bond donors (Lipinski definition) is 8. The average Bonchev–Trinajstić information content (AvgIpc) is 3.91. The summed E-state index contributed by atoms with van der Waals surface area (Å²) in [5, 5.41) is 40.6. The number of carboxylic acid groups (broad SMARTS) is 1. The molecular weight excluding hydrogens is 795 g/mol. The number of hydrogen-bond acceptors (Lipinski definition) is 11. The van der Waals surface area contributed by atoms with Crippen LogP contribution in [0.5, 0.6) is 5.75 Å². The van der Waals surface area contributed by atoms with E-state index in [1.807, 2.05) is 12.3 Å². The van der Waals surface area contributed by atoms with E-state index in [1.54, 1.807) is 50.2 Å². The summed E-state index contributed by atoms with van der Waals surface area (Å²) in [6, 6.07) is 7.01. The van der Waals surface area contributed by atoms with Crippen LogP contribution in [0.25, 0.3) is 0 Å². The maximum atomic E-state index is 14.4. The molecule has 9 N–H and O–H groups in total. The highest BCUT2D eigenvalue weighted by molar-refractivity contribution is 7.98. The zero-order valence-corrected chi connectivity index (χ0v) is 35.4. The molecule has 6 amide bonds. The van der Waals surface area contributed by atoms with Crippen molar-refractivity contribution >= 4 is 53.2 Å². The van der Waals surface area contributed by atoms with Gasteiger partial charge in [-0.3, -0.25) is 28.8 Å². The minimum atomic E-state index is -1.50. The van der Waals surface area contributed by atoms with Gasteiger partial charge in [-0.15, -0.1) is 0 Å². The van der Waals surface area contributed by atoms with Crippen LogP contribution in [0.4, 0.5) is 0 Å². The molecule has 60 heavy (non-hydrogen) atoms. The third-order valence-corrected chi connectivity index (χ3v) is 11.5. The molecule has 0 spiro atoms. The molecule has 4 rings (SSSR count). The van der Waals surface area contributed by atoms with Gasteiger partial charge in [-0.2, -0.15) is 11.8 Å². The van der Waals surface area contributed by atoms with Crippen molar-refractivity contribution in [3.63, 3.8) is 0 Å². The lowest BCUT2D eigenvalue weighted by Gasteiger charge is -2.33. The molecule has 0 bridgehead atoms. The number of phenolic OH excluding ortho intramolecular Hbond substituents is 1. The fourth-order valence-corrected chi connectivity index (χ4v) is 7.95. The Hall–Kier alpha value is -5.20. The lowest BCUT2D eigenvalue weighted by atomic mass is 10.0. The molecule has 2 aromatic rings. The number of phenols is 1. The van der Waals surface area contributed by atoms with E-state index in [-0.39, 0.29) is 38.1 Å². The van der Waals surface area contributed by atoms with Crippen LogP contribution in [0.1, 0.15) is 64.0 Å². The summed E-state index contributed by atoms with van der Waals surface area (Å²) in [5.41, 5.74) is 7.48. The molecule has 0 unspecified atom stereocenters. The molecule has 2 saturated heterocycles. The maximum Gasteiger partial charge on any atom is 0.326 e. The van der Waals surface area contributed by atoms with Crippen molar-refractivity contribution in [2.45, 2.75) is 114 Å². The van der Waals surface area contributed by atoms with Crippen LogP contribution in [0.2, 0.25) is 0 Å². The topological polar surface area (TPSA) is 261 Å². The zero-order valence-electron chi connectivity index (χ0n) is 34.5. The van der Waals surface area contributed by atoms with Crippen molar-refractivity contribution in [2.24, 2.45) is 11.7 Å². The monoisotopic (exact) mass is 853 g/mol. The predicted octanol–water partition coefficient (Wildman–Crippen LogP) is 0.300. The molecule has 0 aliphatic carbocycles. The number of amides is 6. The van der Waals surface area contributed by atoms with Crippen LogP contribution in [-0.2, 0) is 46.4 Å². The number of nitrogens with one attached hydrogen (secondary N) is 4. The van der Waals surface area contributed by atoms with Gasteiger partial charge in [-0.25, -0.2) is 4.79 Å². The van der Waals surface area contributed by atoms with Crippen molar-refractivity contribution in [3.05, 3.63) is 65.7 Å². The molecule has 2 heterocycles. The van der Waals surface area contributed by atoms with Crippen LogP contribution in [0.3, 0.4) is 0 Å². The molecule has 2 aliphatic heterocycles. The summed E-state index contributed by atoms with van der Waals surface area (Å²) in [6.45, 7) is 5.13. The van der Waals surface area contributed by atoms with Gasteiger partial charge in [0, 0.05) is 19.5 Å². The summed E-state index contributed by atoms with van der Waals surface area (Å²) in [5.74, 6) is -4.99. The van der Waals surface area contributed by atoms with Gasteiger partial charge in [0.2, 0.25) is 35.4 Å². The zero-order chi connectivity index (χ0) is 44.1. The molecule has 18 heteroatoms. The number of benzene rings is 2.